The number of esters is 1. The van der Waals surface area contributed by atoms with Crippen molar-refractivity contribution in [1.82, 2.24) is 0 Å². The van der Waals surface area contributed by atoms with Crippen molar-refractivity contribution < 1.29 is 14.3 Å². The molecule has 0 aromatic heterocycles. The first-order valence-corrected chi connectivity index (χ1v) is 7.63. The van der Waals surface area contributed by atoms with E-state index in [1.54, 1.807) is 6.92 Å². The Morgan fingerprint density at radius 1 is 1.10 bits per heavy atom. The highest BCUT2D eigenvalue weighted by Gasteiger charge is 2.23. The molecule has 0 saturated heterocycles. The van der Waals surface area contributed by atoms with Crippen LogP contribution in [0.25, 0.3) is 10.8 Å². The molecule has 2 rings (SSSR count). The predicted octanol–water partition coefficient (Wildman–Crippen LogP) is 4.71. The van der Waals surface area contributed by atoms with Gasteiger partial charge in [-0.25, -0.2) is 4.79 Å². The van der Waals surface area contributed by atoms with Gasteiger partial charge in [-0.3, -0.25) is 0 Å². The number of fused-ring (bicyclic) bond motifs is 1. The van der Waals surface area contributed by atoms with E-state index in [0.29, 0.717) is 5.75 Å². The van der Waals surface area contributed by atoms with Crippen molar-refractivity contribution in [1.29, 1.82) is 0 Å². The maximum atomic E-state index is 11.9. The van der Waals surface area contributed by atoms with Gasteiger partial charge in [0, 0.05) is 4.47 Å². The van der Waals surface area contributed by atoms with Crippen LogP contribution in [0, 0.1) is 0 Å². The average Bonchev–Trinajstić information content (AvgIpc) is 2.37. The van der Waals surface area contributed by atoms with Crippen LogP contribution >= 0.6 is 15.9 Å². The Balaban J connectivity index is 2.12. The molecule has 0 N–H and O–H groups in total. The summed E-state index contributed by atoms with van der Waals surface area (Å²) in [6.07, 6.45) is -0.642. The Hall–Kier alpha value is -1.55. The van der Waals surface area contributed by atoms with Crippen LogP contribution in [0.15, 0.2) is 40.9 Å². The molecule has 1 atom stereocenters. The summed E-state index contributed by atoms with van der Waals surface area (Å²) in [5.74, 6) is 0.293. The number of carbonyl (C=O) groups excluding carboxylic acids is 1. The molecule has 0 saturated carbocycles. The molecule has 0 fully saturated rings. The van der Waals surface area contributed by atoms with E-state index in [2.05, 4.69) is 15.9 Å². The first-order chi connectivity index (χ1) is 9.74. The van der Waals surface area contributed by atoms with Crippen LogP contribution in [0.4, 0.5) is 0 Å². The number of rotatable bonds is 3. The van der Waals surface area contributed by atoms with Crippen LogP contribution in [0.3, 0.4) is 0 Å². The third-order valence-electron chi connectivity index (χ3n) is 2.83. The second kappa shape index (κ2) is 6.06. The van der Waals surface area contributed by atoms with E-state index in [4.69, 9.17) is 9.47 Å². The lowest BCUT2D eigenvalue weighted by Crippen LogP contribution is -2.33. The first kappa shape index (κ1) is 15.8. The van der Waals surface area contributed by atoms with Crippen molar-refractivity contribution in [2.75, 3.05) is 0 Å². The Bertz CT molecular complexity index is 659. The predicted molar refractivity (Wildman–Crippen MR) is 87.6 cm³/mol. The Morgan fingerprint density at radius 3 is 2.38 bits per heavy atom. The number of halogens is 1. The highest BCUT2D eigenvalue weighted by molar-refractivity contribution is 9.10. The molecule has 1 unspecified atom stereocenters. The average molecular weight is 351 g/mol. The molecule has 2 aromatic rings. The second-order valence-electron chi connectivity index (χ2n) is 5.95. The molecule has 21 heavy (non-hydrogen) atoms. The van der Waals surface area contributed by atoms with Crippen LogP contribution < -0.4 is 4.74 Å². The highest BCUT2D eigenvalue weighted by atomic mass is 79.9. The van der Waals surface area contributed by atoms with E-state index in [-0.39, 0.29) is 5.97 Å². The van der Waals surface area contributed by atoms with Gasteiger partial charge in [-0.1, -0.05) is 28.1 Å². The second-order valence-corrected chi connectivity index (χ2v) is 6.86. The monoisotopic (exact) mass is 350 g/mol. The van der Waals surface area contributed by atoms with E-state index in [9.17, 15) is 4.79 Å². The largest absolute Gasteiger partial charge is 0.479 e. The number of ether oxygens (including phenoxy) is 2. The fourth-order valence-electron chi connectivity index (χ4n) is 1.90. The van der Waals surface area contributed by atoms with Gasteiger partial charge in [0.05, 0.1) is 0 Å². The summed E-state index contributed by atoms with van der Waals surface area (Å²) < 4.78 is 12.0. The van der Waals surface area contributed by atoms with E-state index < -0.39 is 11.7 Å². The van der Waals surface area contributed by atoms with E-state index >= 15 is 0 Å². The minimum absolute atomic E-state index is 0.363. The van der Waals surface area contributed by atoms with Gasteiger partial charge in [0.1, 0.15) is 11.4 Å². The van der Waals surface area contributed by atoms with Gasteiger partial charge in [0.25, 0.3) is 0 Å². The lowest BCUT2D eigenvalue weighted by atomic mass is 10.1. The Labute approximate surface area is 133 Å². The highest BCUT2D eigenvalue weighted by Crippen LogP contribution is 2.25. The van der Waals surface area contributed by atoms with Crippen molar-refractivity contribution in [3.63, 3.8) is 0 Å². The summed E-state index contributed by atoms with van der Waals surface area (Å²) in [4.78, 5) is 11.9. The molecule has 0 heterocycles. The summed E-state index contributed by atoms with van der Waals surface area (Å²) in [5, 5.41) is 2.17. The molecule has 0 aliphatic carbocycles. The zero-order chi connectivity index (χ0) is 15.6. The van der Waals surface area contributed by atoms with Crippen molar-refractivity contribution in [2.24, 2.45) is 0 Å². The lowest BCUT2D eigenvalue weighted by Gasteiger charge is -2.22. The summed E-state index contributed by atoms with van der Waals surface area (Å²) in [7, 11) is 0. The zero-order valence-corrected chi connectivity index (χ0v) is 14.2. The van der Waals surface area contributed by atoms with Crippen LogP contribution in [0.2, 0.25) is 0 Å². The van der Waals surface area contributed by atoms with Gasteiger partial charge >= 0.3 is 5.97 Å². The quantitative estimate of drug-likeness (QED) is 0.751. The molecule has 3 nitrogen and oxygen atoms in total. The zero-order valence-electron chi connectivity index (χ0n) is 12.6. The molecule has 0 amide bonds. The van der Waals surface area contributed by atoms with Gasteiger partial charge in [-0.05, 0) is 62.7 Å². The molecule has 2 aromatic carbocycles. The van der Waals surface area contributed by atoms with Crippen molar-refractivity contribution in [3.05, 3.63) is 40.9 Å². The fourth-order valence-corrected chi connectivity index (χ4v) is 2.28. The van der Waals surface area contributed by atoms with Gasteiger partial charge in [-0.15, -0.1) is 0 Å². The third kappa shape index (κ3) is 4.46. The minimum atomic E-state index is -0.642. The number of benzene rings is 2. The maximum absolute atomic E-state index is 11.9. The SMILES string of the molecule is CC(Oc1ccc2cc(Br)ccc2c1)C(=O)OC(C)(C)C. The van der Waals surface area contributed by atoms with Gasteiger partial charge in [-0.2, -0.15) is 0 Å². The minimum Gasteiger partial charge on any atom is -0.479 e. The summed E-state index contributed by atoms with van der Waals surface area (Å²) in [5.41, 5.74) is -0.510. The molecule has 0 radical (unpaired) electrons. The summed E-state index contributed by atoms with van der Waals surface area (Å²) >= 11 is 3.45. The molecule has 112 valence electrons. The topological polar surface area (TPSA) is 35.5 Å². The lowest BCUT2D eigenvalue weighted by molar-refractivity contribution is -0.162. The normalized spacial score (nSPS) is 13.0. The van der Waals surface area contributed by atoms with E-state index in [1.165, 1.54) is 0 Å². The Kier molecular flexibility index (Phi) is 4.57. The summed E-state index contributed by atoms with van der Waals surface area (Å²) in [6.45, 7) is 7.21. The molecule has 4 heteroatoms. The maximum Gasteiger partial charge on any atom is 0.347 e. The van der Waals surface area contributed by atoms with E-state index in [0.717, 1.165) is 15.2 Å². The van der Waals surface area contributed by atoms with Crippen molar-refractivity contribution in [3.8, 4) is 5.75 Å². The molecular formula is C17H19BrO3. The van der Waals surface area contributed by atoms with Crippen molar-refractivity contribution in [2.45, 2.75) is 39.4 Å². The molecule has 0 aliphatic rings. The standard InChI is InChI=1S/C17H19BrO3/c1-11(16(19)21-17(2,3)4)20-15-8-6-12-9-14(18)7-5-13(12)10-15/h5-11H,1-4H3. The van der Waals surface area contributed by atoms with E-state index in [1.807, 2.05) is 57.2 Å². The number of carbonyl (C=O) groups is 1. The smallest absolute Gasteiger partial charge is 0.347 e. The molecular weight excluding hydrogens is 332 g/mol. The molecule has 0 aliphatic heterocycles. The van der Waals surface area contributed by atoms with Crippen LogP contribution in [-0.2, 0) is 9.53 Å². The van der Waals surface area contributed by atoms with Gasteiger partial charge in [0.15, 0.2) is 6.10 Å². The van der Waals surface area contributed by atoms with Gasteiger partial charge in [0.2, 0.25) is 0 Å². The summed E-state index contributed by atoms with van der Waals surface area (Å²) in [6, 6.07) is 11.8. The first-order valence-electron chi connectivity index (χ1n) is 6.83. The third-order valence-corrected chi connectivity index (χ3v) is 3.32. The van der Waals surface area contributed by atoms with Crippen molar-refractivity contribution >= 4 is 32.7 Å². The van der Waals surface area contributed by atoms with Crippen LogP contribution in [0.5, 0.6) is 5.75 Å². The number of hydrogen-bond acceptors (Lipinski definition) is 3. The van der Waals surface area contributed by atoms with Crippen LogP contribution in [0.1, 0.15) is 27.7 Å². The fraction of sp³-hybridized carbons (Fsp3) is 0.353. The van der Waals surface area contributed by atoms with Crippen LogP contribution in [-0.4, -0.2) is 17.7 Å². The molecule has 0 bridgehead atoms. The molecule has 0 spiro atoms. The van der Waals surface area contributed by atoms with Gasteiger partial charge < -0.3 is 9.47 Å². The Morgan fingerprint density at radius 2 is 1.71 bits per heavy atom. The number of hydrogen-bond donors (Lipinski definition) is 0.